The lowest BCUT2D eigenvalue weighted by Gasteiger charge is -2.05. The molecule has 0 aliphatic carbocycles. The highest BCUT2D eigenvalue weighted by Gasteiger charge is 2.44. The largest absolute Gasteiger partial charge is 0.392 e. The van der Waals surface area contributed by atoms with Gasteiger partial charge in [0.15, 0.2) is 0 Å². The van der Waals surface area contributed by atoms with E-state index >= 15 is 0 Å². The Hall–Kier alpha value is -1.37. The summed E-state index contributed by atoms with van der Waals surface area (Å²) in [6.45, 7) is 2.20. The van der Waals surface area contributed by atoms with Gasteiger partial charge in [-0.3, -0.25) is 4.79 Å². The standard InChI is InChI=1S/C16H26O6S/c1-2-3-4-5-6-7-8-9-10-11-12-21-23(19,20)14-13-15(17)22-16(14)18/h11-12,14H,2-10,13H2,1H3. The third-order valence-electron chi connectivity index (χ3n) is 3.69. The molecular formula is C16H26O6S. The number of esters is 2. The molecule has 0 spiro atoms. The van der Waals surface area contributed by atoms with E-state index in [0.717, 1.165) is 25.5 Å². The smallest absolute Gasteiger partial charge is 0.336 e. The molecule has 1 heterocycles. The summed E-state index contributed by atoms with van der Waals surface area (Å²) in [6, 6.07) is 0. The van der Waals surface area contributed by atoms with Gasteiger partial charge in [0.25, 0.3) is 0 Å². The molecule has 0 aromatic rings. The summed E-state index contributed by atoms with van der Waals surface area (Å²) < 4.78 is 32.3. The molecule has 6 nitrogen and oxygen atoms in total. The average Bonchev–Trinajstić information content (AvgIpc) is 2.84. The van der Waals surface area contributed by atoms with Gasteiger partial charge in [-0.15, -0.1) is 0 Å². The normalized spacial score (nSPS) is 18.6. The molecule has 1 atom stereocenters. The molecule has 0 bridgehead atoms. The fourth-order valence-electron chi connectivity index (χ4n) is 2.32. The number of cyclic esters (lactones) is 2. The van der Waals surface area contributed by atoms with Crippen molar-refractivity contribution in [2.75, 3.05) is 0 Å². The molecule has 1 aliphatic rings. The van der Waals surface area contributed by atoms with Crippen LogP contribution in [0.1, 0.15) is 71.1 Å². The molecule has 0 radical (unpaired) electrons. The molecule has 1 unspecified atom stereocenters. The van der Waals surface area contributed by atoms with Crippen molar-refractivity contribution in [3.05, 3.63) is 12.3 Å². The molecule has 0 amide bonds. The summed E-state index contributed by atoms with van der Waals surface area (Å²) in [7, 11) is -4.13. The molecule has 0 aromatic heterocycles. The number of unbranched alkanes of at least 4 members (excludes halogenated alkanes) is 8. The van der Waals surface area contributed by atoms with E-state index in [4.69, 9.17) is 0 Å². The zero-order valence-electron chi connectivity index (χ0n) is 13.7. The summed E-state index contributed by atoms with van der Waals surface area (Å²) in [5.41, 5.74) is 0. The number of hydrogen-bond acceptors (Lipinski definition) is 6. The predicted molar refractivity (Wildman–Crippen MR) is 85.9 cm³/mol. The van der Waals surface area contributed by atoms with Crippen molar-refractivity contribution in [2.45, 2.75) is 76.4 Å². The van der Waals surface area contributed by atoms with Gasteiger partial charge >= 0.3 is 22.1 Å². The van der Waals surface area contributed by atoms with Gasteiger partial charge in [-0.2, -0.15) is 8.42 Å². The van der Waals surface area contributed by atoms with Crippen molar-refractivity contribution in [1.82, 2.24) is 0 Å². The summed E-state index contributed by atoms with van der Waals surface area (Å²) in [6.07, 6.45) is 12.6. The molecule has 0 saturated carbocycles. The molecule has 0 aromatic carbocycles. The fourth-order valence-corrected chi connectivity index (χ4v) is 3.31. The van der Waals surface area contributed by atoms with Crippen molar-refractivity contribution in [3.63, 3.8) is 0 Å². The van der Waals surface area contributed by atoms with Gasteiger partial charge in [0.1, 0.15) is 6.26 Å². The van der Waals surface area contributed by atoms with Gasteiger partial charge in [-0.25, -0.2) is 4.79 Å². The van der Waals surface area contributed by atoms with Crippen LogP contribution in [0.4, 0.5) is 0 Å². The van der Waals surface area contributed by atoms with Crippen LogP contribution in [0.25, 0.3) is 0 Å². The topological polar surface area (TPSA) is 86.7 Å². The lowest BCUT2D eigenvalue weighted by molar-refractivity contribution is -0.151. The maximum Gasteiger partial charge on any atom is 0.336 e. The first-order valence-corrected chi connectivity index (χ1v) is 9.76. The van der Waals surface area contributed by atoms with Crippen LogP contribution >= 0.6 is 0 Å². The van der Waals surface area contributed by atoms with E-state index in [1.807, 2.05) is 0 Å². The van der Waals surface area contributed by atoms with Crippen LogP contribution < -0.4 is 0 Å². The van der Waals surface area contributed by atoms with Gasteiger partial charge in [0.05, 0.1) is 6.42 Å². The number of carbonyl (C=O) groups excluding carboxylic acids is 2. The first kappa shape index (κ1) is 19.7. The van der Waals surface area contributed by atoms with E-state index in [-0.39, 0.29) is 0 Å². The van der Waals surface area contributed by atoms with Crippen molar-refractivity contribution in [1.29, 1.82) is 0 Å². The molecule has 1 fully saturated rings. The summed E-state index contributed by atoms with van der Waals surface area (Å²) >= 11 is 0. The number of carbonyl (C=O) groups is 2. The quantitative estimate of drug-likeness (QED) is 0.177. The van der Waals surface area contributed by atoms with E-state index < -0.39 is 33.7 Å². The lowest BCUT2D eigenvalue weighted by Crippen LogP contribution is -2.26. The van der Waals surface area contributed by atoms with E-state index in [1.54, 1.807) is 6.08 Å². The molecule has 1 saturated heterocycles. The fraction of sp³-hybridized carbons (Fsp3) is 0.750. The SMILES string of the molecule is CCCCCCCCCCC=COS(=O)(=O)C1CC(=O)OC1=O. The Morgan fingerprint density at radius 1 is 1.09 bits per heavy atom. The molecule has 0 N–H and O–H groups in total. The van der Waals surface area contributed by atoms with Crippen molar-refractivity contribution in [3.8, 4) is 0 Å². The summed E-state index contributed by atoms with van der Waals surface area (Å²) in [4.78, 5) is 22.1. The van der Waals surface area contributed by atoms with Crippen LogP contribution in [0.5, 0.6) is 0 Å². The van der Waals surface area contributed by atoms with Crippen molar-refractivity contribution < 1.29 is 26.9 Å². The Morgan fingerprint density at radius 3 is 2.26 bits per heavy atom. The molecule has 7 heteroatoms. The van der Waals surface area contributed by atoms with Crippen molar-refractivity contribution >= 4 is 22.1 Å². The number of ether oxygens (including phenoxy) is 1. The van der Waals surface area contributed by atoms with Crippen LogP contribution in [-0.4, -0.2) is 25.6 Å². The minimum absolute atomic E-state index is 0.479. The van der Waals surface area contributed by atoms with E-state index in [0.29, 0.717) is 0 Å². The number of rotatable bonds is 12. The lowest BCUT2D eigenvalue weighted by atomic mass is 10.1. The maximum absolute atomic E-state index is 11.7. The Balaban J connectivity index is 2.12. The van der Waals surface area contributed by atoms with Gasteiger partial charge in [-0.05, 0) is 18.9 Å². The third-order valence-corrected chi connectivity index (χ3v) is 5.12. The number of allylic oxidation sites excluding steroid dienone is 1. The highest BCUT2D eigenvalue weighted by Crippen LogP contribution is 2.18. The first-order valence-electron chi connectivity index (χ1n) is 8.29. The van der Waals surface area contributed by atoms with Crippen LogP contribution in [0.15, 0.2) is 12.3 Å². The Morgan fingerprint density at radius 2 is 1.70 bits per heavy atom. The highest BCUT2D eigenvalue weighted by molar-refractivity contribution is 7.88. The zero-order chi connectivity index (χ0) is 17.1. The highest BCUT2D eigenvalue weighted by atomic mass is 32.2. The van der Waals surface area contributed by atoms with Crippen LogP contribution in [0.2, 0.25) is 0 Å². The van der Waals surface area contributed by atoms with Crippen LogP contribution in [0, 0.1) is 0 Å². The van der Waals surface area contributed by atoms with Crippen molar-refractivity contribution in [2.24, 2.45) is 0 Å². The monoisotopic (exact) mass is 346 g/mol. The van der Waals surface area contributed by atoms with E-state index in [2.05, 4.69) is 15.8 Å². The Kier molecular flexibility index (Phi) is 8.91. The van der Waals surface area contributed by atoms with Gasteiger partial charge in [0, 0.05) is 0 Å². The molecule has 1 aliphatic heterocycles. The number of hydrogen-bond donors (Lipinski definition) is 0. The minimum Gasteiger partial charge on any atom is -0.392 e. The predicted octanol–water partition coefficient (Wildman–Crippen LogP) is 3.22. The molecule has 132 valence electrons. The Bertz CT molecular complexity index is 509. The molecule has 23 heavy (non-hydrogen) atoms. The van der Waals surface area contributed by atoms with Crippen LogP contribution in [-0.2, 0) is 28.6 Å². The second-order valence-corrected chi connectivity index (χ2v) is 7.46. The second kappa shape index (κ2) is 10.4. The first-order chi connectivity index (χ1) is 11.0. The zero-order valence-corrected chi connectivity index (χ0v) is 14.5. The second-order valence-electron chi connectivity index (χ2n) is 5.71. The molecule has 1 rings (SSSR count). The van der Waals surface area contributed by atoms with E-state index in [1.165, 1.54) is 38.5 Å². The maximum atomic E-state index is 11.7. The van der Waals surface area contributed by atoms with Gasteiger partial charge < -0.3 is 8.92 Å². The third kappa shape index (κ3) is 7.63. The van der Waals surface area contributed by atoms with Gasteiger partial charge in [-0.1, -0.05) is 51.9 Å². The van der Waals surface area contributed by atoms with E-state index in [9.17, 15) is 18.0 Å². The minimum atomic E-state index is -4.13. The summed E-state index contributed by atoms with van der Waals surface area (Å²) in [5.74, 6) is -1.90. The molecular weight excluding hydrogens is 320 g/mol. The average molecular weight is 346 g/mol. The van der Waals surface area contributed by atoms with Crippen LogP contribution in [0.3, 0.4) is 0 Å². The Labute approximate surface area is 138 Å². The summed E-state index contributed by atoms with van der Waals surface area (Å²) in [5, 5.41) is -1.54. The van der Waals surface area contributed by atoms with Gasteiger partial charge in [0.2, 0.25) is 5.25 Å².